The van der Waals surface area contributed by atoms with Gasteiger partial charge in [0, 0.05) is 33.2 Å². The maximum absolute atomic E-state index is 12.9. The molecule has 27 heavy (non-hydrogen) atoms. The van der Waals surface area contributed by atoms with E-state index in [0.29, 0.717) is 32.4 Å². The van der Waals surface area contributed by atoms with Crippen molar-refractivity contribution >= 4 is 23.7 Å². The van der Waals surface area contributed by atoms with Crippen LogP contribution in [0, 0.1) is 5.92 Å². The van der Waals surface area contributed by atoms with Crippen molar-refractivity contribution in [2.24, 2.45) is 5.92 Å². The minimum atomic E-state index is -1.05. The quantitative estimate of drug-likeness (QED) is 0.612. The summed E-state index contributed by atoms with van der Waals surface area (Å²) in [5.74, 6) is -1.93. The van der Waals surface area contributed by atoms with E-state index in [2.05, 4.69) is 5.32 Å². The van der Waals surface area contributed by atoms with E-state index in [-0.39, 0.29) is 42.8 Å². The van der Waals surface area contributed by atoms with E-state index in [0.717, 1.165) is 0 Å². The lowest BCUT2D eigenvalue weighted by molar-refractivity contribution is -0.145. The number of aliphatic carboxylic acids is 1. The third-order valence-electron chi connectivity index (χ3n) is 4.68. The average molecular weight is 385 g/mol. The summed E-state index contributed by atoms with van der Waals surface area (Å²) < 4.78 is 4.80. The molecule has 1 heterocycles. The van der Waals surface area contributed by atoms with E-state index in [1.54, 1.807) is 4.90 Å². The van der Waals surface area contributed by atoms with Gasteiger partial charge in [-0.3, -0.25) is 19.2 Å². The second-order valence-corrected chi connectivity index (χ2v) is 7.17. The van der Waals surface area contributed by atoms with E-state index >= 15 is 0 Å². The van der Waals surface area contributed by atoms with Crippen molar-refractivity contribution < 1.29 is 29.0 Å². The number of rotatable bonds is 8. The second-order valence-electron chi connectivity index (χ2n) is 7.17. The van der Waals surface area contributed by atoms with Crippen LogP contribution in [0.2, 0.25) is 0 Å². The number of carbonyl (C=O) groups excluding carboxylic acids is 3. The number of carbonyl (C=O) groups is 4. The molecular weight excluding hydrogens is 354 g/mol. The first kappa shape index (κ1) is 22.9. The number of carboxylic acid groups (broad SMARTS) is 1. The summed E-state index contributed by atoms with van der Waals surface area (Å²) in [5, 5.41) is 11.7. The highest BCUT2D eigenvalue weighted by molar-refractivity contribution is 5.88. The molecule has 0 aromatic rings. The smallest absolute Gasteiger partial charge is 0.323 e. The number of nitrogens with one attached hydrogen (secondary N) is 1. The molecule has 154 valence electrons. The monoisotopic (exact) mass is 385 g/mol. The lowest BCUT2D eigenvalue weighted by Crippen LogP contribution is -2.52. The molecule has 2 atom stereocenters. The Kier molecular flexibility index (Phi) is 9.20. The van der Waals surface area contributed by atoms with Gasteiger partial charge in [0.25, 0.3) is 0 Å². The van der Waals surface area contributed by atoms with Gasteiger partial charge < -0.3 is 25.0 Å². The Labute approximate surface area is 160 Å². The van der Waals surface area contributed by atoms with Gasteiger partial charge in [-0.2, -0.15) is 0 Å². The molecule has 1 fully saturated rings. The van der Waals surface area contributed by atoms with Crippen molar-refractivity contribution in [2.45, 2.75) is 52.1 Å². The van der Waals surface area contributed by atoms with Gasteiger partial charge in [-0.25, -0.2) is 0 Å². The Bertz CT molecular complexity index is 551. The molecular formula is C18H31N3O6. The molecule has 9 nitrogen and oxygen atoms in total. The van der Waals surface area contributed by atoms with E-state index in [1.165, 1.54) is 18.9 Å². The van der Waals surface area contributed by atoms with E-state index in [1.807, 2.05) is 13.8 Å². The molecule has 1 rings (SSSR count). The van der Waals surface area contributed by atoms with Gasteiger partial charge in [0.1, 0.15) is 19.2 Å². The van der Waals surface area contributed by atoms with Crippen LogP contribution >= 0.6 is 0 Å². The lowest BCUT2D eigenvalue weighted by Gasteiger charge is -2.30. The third-order valence-corrected chi connectivity index (χ3v) is 4.68. The van der Waals surface area contributed by atoms with Crippen LogP contribution in [0.25, 0.3) is 0 Å². The number of methoxy groups -OCH3 is 1. The minimum Gasteiger partial charge on any atom is -0.480 e. The molecule has 0 saturated carbocycles. The second kappa shape index (κ2) is 10.9. The van der Waals surface area contributed by atoms with Gasteiger partial charge in [-0.05, 0) is 25.2 Å². The summed E-state index contributed by atoms with van der Waals surface area (Å²) in [7, 11) is 1.42. The normalized spacial score (nSPS) is 18.6. The summed E-state index contributed by atoms with van der Waals surface area (Å²) in [5.41, 5.74) is 0. The van der Waals surface area contributed by atoms with Crippen molar-refractivity contribution in [3.63, 3.8) is 0 Å². The fourth-order valence-electron chi connectivity index (χ4n) is 3.31. The Morgan fingerprint density at radius 1 is 1.22 bits per heavy atom. The van der Waals surface area contributed by atoms with Crippen LogP contribution in [0.5, 0.6) is 0 Å². The average Bonchev–Trinajstić information content (AvgIpc) is 2.82. The van der Waals surface area contributed by atoms with Gasteiger partial charge in [-0.1, -0.05) is 13.8 Å². The molecule has 9 heteroatoms. The summed E-state index contributed by atoms with van der Waals surface area (Å²) >= 11 is 0. The number of likely N-dealkylation sites (tertiary alicyclic amines) is 1. The molecule has 0 aromatic heterocycles. The highest BCUT2D eigenvalue weighted by atomic mass is 16.5. The molecule has 0 spiro atoms. The zero-order valence-corrected chi connectivity index (χ0v) is 16.6. The maximum Gasteiger partial charge on any atom is 0.323 e. The fraction of sp³-hybridized carbons (Fsp3) is 0.778. The minimum absolute atomic E-state index is 0.0851. The number of amides is 3. The molecule has 1 unspecified atom stereocenters. The Morgan fingerprint density at radius 3 is 2.41 bits per heavy atom. The van der Waals surface area contributed by atoms with Gasteiger partial charge in [0.05, 0.1) is 0 Å². The number of hydrogen-bond donors (Lipinski definition) is 2. The number of ether oxygens (including phenoxy) is 1. The molecule has 1 aliphatic heterocycles. The van der Waals surface area contributed by atoms with Crippen molar-refractivity contribution in [1.29, 1.82) is 0 Å². The highest BCUT2D eigenvalue weighted by Gasteiger charge is 2.32. The maximum atomic E-state index is 12.9. The standard InChI is InChI=1S/C18H31N3O6/c1-12(2)17(19-15(23)11-27-4)18(26)20-8-5-6-14(7-9-20)21(13(3)22)10-16(24)25/h12,14,17H,5-11H2,1-4H3,(H,19,23)(H,24,25)/t14?,17-/m0/s1. The summed E-state index contributed by atoms with van der Waals surface area (Å²) in [4.78, 5) is 50.6. The van der Waals surface area contributed by atoms with Crippen LogP contribution in [0.1, 0.15) is 40.0 Å². The number of hydrogen-bond acceptors (Lipinski definition) is 5. The molecule has 0 aromatic carbocycles. The molecule has 1 aliphatic rings. The van der Waals surface area contributed by atoms with Crippen molar-refractivity contribution in [3.05, 3.63) is 0 Å². The third kappa shape index (κ3) is 7.16. The largest absolute Gasteiger partial charge is 0.480 e. The van der Waals surface area contributed by atoms with Crippen molar-refractivity contribution in [1.82, 2.24) is 15.1 Å². The Balaban J connectivity index is 2.78. The predicted octanol–water partition coefficient (Wildman–Crippen LogP) is 0.0878. The summed E-state index contributed by atoms with van der Waals surface area (Å²) in [6, 6.07) is -0.857. The zero-order valence-electron chi connectivity index (χ0n) is 16.6. The van der Waals surface area contributed by atoms with Crippen molar-refractivity contribution in [3.8, 4) is 0 Å². The van der Waals surface area contributed by atoms with Gasteiger partial charge in [0.15, 0.2) is 0 Å². The van der Waals surface area contributed by atoms with E-state index in [4.69, 9.17) is 9.84 Å². The van der Waals surface area contributed by atoms with Crippen LogP contribution in [0.15, 0.2) is 0 Å². The number of nitrogens with zero attached hydrogens (tertiary/aromatic N) is 2. The van der Waals surface area contributed by atoms with E-state index < -0.39 is 12.0 Å². The Morgan fingerprint density at radius 2 is 1.89 bits per heavy atom. The van der Waals surface area contributed by atoms with Crippen LogP contribution in [-0.2, 0) is 23.9 Å². The van der Waals surface area contributed by atoms with Gasteiger partial charge >= 0.3 is 5.97 Å². The molecule has 3 amide bonds. The first-order valence-electron chi connectivity index (χ1n) is 9.23. The predicted molar refractivity (Wildman–Crippen MR) is 97.9 cm³/mol. The topological polar surface area (TPSA) is 116 Å². The highest BCUT2D eigenvalue weighted by Crippen LogP contribution is 2.19. The van der Waals surface area contributed by atoms with Crippen LogP contribution in [-0.4, -0.2) is 84.0 Å². The first-order chi connectivity index (χ1) is 12.7. The van der Waals surface area contributed by atoms with Crippen molar-refractivity contribution in [2.75, 3.05) is 33.4 Å². The lowest BCUT2D eigenvalue weighted by atomic mass is 10.0. The van der Waals surface area contributed by atoms with Gasteiger partial charge in [-0.15, -0.1) is 0 Å². The zero-order chi connectivity index (χ0) is 20.6. The number of carboxylic acids is 1. The fourth-order valence-corrected chi connectivity index (χ4v) is 3.31. The molecule has 2 N–H and O–H groups in total. The van der Waals surface area contributed by atoms with E-state index in [9.17, 15) is 19.2 Å². The van der Waals surface area contributed by atoms with Crippen LogP contribution in [0.3, 0.4) is 0 Å². The van der Waals surface area contributed by atoms with Crippen LogP contribution in [0.4, 0.5) is 0 Å². The molecule has 0 bridgehead atoms. The molecule has 0 radical (unpaired) electrons. The SMILES string of the molecule is COCC(=O)N[C@H](C(=O)N1CCCC(N(CC(=O)O)C(C)=O)CC1)C(C)C. The Hall–Kier alpha value is -2.16. The van der Waals surface area contributed by atoms with Crippen LogP contribution < -0.4 is 5.32 Å². The van der Waals surface area contributed by atoms with Gasteiger partial charge in [0.2, 0.25) is 17.7 Å². The molecule has 0 aliphatic carbocycles. The first-order valence-corrected chi connectivity index (χ1v) is 9.23. The summed E-state index contributed by atoms with van der Waals surface area (Å²) in [6.45, 7) is 5.56. The molecule has 1 saturated heterocycles. The summed E-state index contributed by atoms with van der Waals surface area (Å²) in [6.07, 6.45) is 1.81.